The van der Waals surface area contributed by atoms with Crippen LogP contribution in [0.5, 0.6) is 0 Å². The number of alkyl halides is 3. The molecule has 3 atom stereocenters. The Morgan fingerprint density at radius 2 is 2.21 bits per heavy atom. The van der Waals surface area contributed by atoms with Crippen LogP contribution in [0.4, 0.5) is 13.2 Å². The van der Waals surface area contributed by atoms with Gasteiger partial charge in [0.15, 0.2) is 0 Å². The molecule has 1 aliphatic rings. The first-order valence-corrected chi connectivity index (χ1v) is 8.74. The molecule has 160 valence electrons. The molecule has 3 N–H and O–H groups in total. The van der Waals surface area contributed by atoms with Gasteiger partial charge in [0.25, 0.3) is 5.56 Å². The molecule has 2 heterocycles. The lowest BCUT2D eigenvalue weighted by atomic mass is 10.1. The van der Waals surface area contributed by atoms with Crippen LogP contribution in [0.1, 0.15) is 31.6 Å². The number of aliphatic hydroxyl groups excluding tert-OH is 1. The third-order valence-electron chi connectivity index (χ3n) is 4.07. The highest BCUT2D eigenvalue weighted by Gasteiger charge is 2.38. The zero-order valence-electron chi connectivity index (χ0n) is 15.4. The molecule has 0 spiro atoms. The number of nitrogens with one attached hydrogen (secondary N) is 2. The van der Waals surface area contributed by atoms with Crippen molar-refractivity contribution in [2.24, 2.45) is 0 Å². The van der Waals surface area contributed by atoms with Crippen LogP contribution >= 0.6 is 0 Å². The van der Waals surface area contributed by atoms with Gasteiger partial charge < -0.3 is 19.9 Å². The van der Waals surface area contributed by atoms with Crippen molar-refractivity contribution in [1.82, 2.24) is 14.9 Å². The zero-order chi connectivity index (χ0) is 21.6. The van der Waals surface area contributed by atoms with Crippen molar-refractivity contribution in [3.8, 4) is 11.8 Å². The number of hydrogen-bond acceptors (Lipinski definition) is 6. The number of aromatic nitrogens is 2. The maximum absolute atomic E-state index is 12.1. The van der Waals surface area contributed by atoms with Crippen LogP contribution in [-0.4, -0.2) is 58.7 Å². The molecule has 0 radical (unpaired) electrons. The predicted octanol–water partition coefficient (Wildman–Crippen LogP) is -0.358. The number of carbonyl (C=O) groups is 1. The molecule has 1 unspecified atom stereocenters. The zero-order valence-corrected chi connectivity index (χ0v) is 15.4. The number of hydrogen-bond donors (Lipinski definition) is 3. The Balaban J connectivity index is 2.18. The smallest absolute Gasteiger partial charge is 0.396 e. The Hall–Kier alpha value is -2.62. The molecule has 12 heteroatoms. The van der Waals surface area contributed by atoms with E-state index in [9.17, 15) is 27.6 Å². The summed E-state index contributed by atoms with van der Waals surface area (Å²) in [6, 6.07) is 0. The van der Waals surface area contributed by atoms with Crippen molar-refractivity contribution in [2.45, 2.75) is 44.4 Å². The Bertz CT molecular complexity index is 885. The van der Waals surface area contributed by atoms with Gasteiger partial charge >= 0.3 is 17.8 Å². The molecule has 9 nitrogen and oxygen atoms in total. The molecule has 29 heavy (non-hydrogen) atoms. The lowest BCUT2D eigenvalue weighted by Gasteiger charge is -2.17. The minimum absolute atomic E-state index is 0.137. The maximum Gasteiger partial charge on any atom is 0.471 e. The van der Waals surface area contributed by atoms with Crippen LogP contribution < -0.4 is 16.6 Å². The molecule has 1 amide bonds. The molecule has 1 aromatic heterocycles. The highest BCUT2D eigenvalue weighted by atomic mass is 19.4. The Kier molecular flexibility index (Phi) is 7.60. The van der Waals surface area contributed by atoms with Crippen molar-refractivity contribution >= 4 is 5.91 Å². The third kappa shape index (κ3) is 5.93. The van der Waals surface area contributed by atoms with Crippen molar-refractivity contribution in [1.29, 1.82) is 0 Å². The Morgan fingerprint density at radius 3 is 2.83 bits per heavy atom. The molecule has 0 aromatic carbocycles. The summed E-state index contributed by atoms with van der Waals surface area (Å²) in [5.74, 6) is 2.40. The number of nitrogens with zero attached hydrogens (tertiary/aromatic N) is 1. The fraction of sp³-hybridized carbons (Fsp3) is 0.588. The van der Waals surface area contributed by atoms with Gasteiger partial charge in [-0.1, -0.05) is 11.8 Å². The lowest BCUT2D eigenvalue weighted by Crippen LogP contribution is -2.37. The summed E-state index contributed by atoms with van der Waals surface area (Å²) >= 11 is 0. The van der Waals surface area contributed by atoms with Crippen molar-refractivity contribution in [2.75, 3.05) is 19.8 Å². The summed E-state index contributed by atoms with van der Waals surface area (Å²) in [6.45, 7) is 1.42. The van der Waals surface area contributed by atoms with Gasteiger partial charge in [-0.2, -0.15) is 13.2 Å². The van der Waals surface area contributed by atoms with E-state index in [4.69, 9.17) is 14.6 Å². The van der Waals surface area contributed by atoms with Crippen molar-refractivity contribution in [3.05, 3.63) is 32.6 Å². The Morgan fingerprint density at radius 1 is 1.48 bits per heavy atom. The molecule has 2 rings (SSSR count). The van der Waals surface area contributed by atoms with E-state index < -0.39 is 42.2 Å². The standard InChI is InChI=1S/C17H20F3N3O6/c1-2-28-12-8-13(29-11(12)5-7-24)23-9-10(14(25)22-16(23)27)4-3-6-21-15(26)17(18,19)20/h9,11-13,24H,2,5-8H2,1H3,(H,21,26)(H,22,25,27)/t11?,12-,13-/m1/s1. The second-order valence-electron chi connectivity index (χ2n) is 6.06. The van der Waals surface area contributed by atoms with Gasteiger partial charge in [0.2, 0.25) is 0 Å². The molecule has 1 fully saturated rings. The highest BCUT2D eigenvalue weighted by molar-refractivity contribution is 5.81. The van der Waals surface area contributed by atoms with Crippen LogP contribution in [0.25, 0.3) is 0 Å². The Labute approximate surface area is 162 Å². The van der Waals surface area contributed by atoms with Crippen LogP contribution in [0.3, 0.4) is 0 Å². The number of H-pyrrole nitrogens is 1. The topological polar surface area (TPSA) is 123 Å². The van der Waals surface area contributed by atoms with Gasteiger partial charge in [0.05, 0.1) is 18.8 Å². The third-order valence-corrected chi connectivity index (χ3v) is 4.07. The summed E-state index contributed by atoms with van der Waals surface area (Å²) in [6.07, 6.45) is -4.90. The fourth-order valence-corrected chi connectivity index (χ4v) is 2.80. The summed E-state index contributed by atoms with van der Waals surface area (Å²) < 4.78 is 48.7. The molecule has 0 saturated carbocycles. The number of carbonyl (C=O) groups excluding carboxylic acids is 1. The average molecular weight is 419 g/mol. The first-order chi connectivity index (χ1) is 13.7. The van der Waals surface area contributed by atoms with Gasteiger partial charge in [-0.05, 0) is 13.3 Å². The minimum Gasteiger partial charge on any atom is -0.396 e. The normalized spacial score (nSPS) is 21.5. The SMILES string of the molecule is CCO[C@@H]1C[C@H](n2cc(C#CCNC(=O)C(F)(F)F)c(=O)[nH]c2=O)OC1CCO. The number of halogens is 3. The van der Waals surface area contributed by atoms with Crippen molar-refractivity contribution in [3.63, 3.8) is 0 Å². The summed E-state index contributed by atoms with van der Waals surface area (Å²) in [7, 11) is 0. The van der Waals surface area contributed by atoms with Crippen molar-refractivity contribution < 1.29 is 32.5 Å². The number of rotatable bonds is 6. The van der Waals surface area contributed by atoms with Crippen LogP contribution in [0.15, 0.2) is 15.8 Å². The molecular formula is C17H20F3N3O6. The van der Waals surface area contributed by atoms with Crippen LogP contribution in [-0.2, 0) is 14.3 Å². The first kappa shape index (κ1) is 22.7. The van der Waals surface area contributed by atoms with Crippen LogP contribution in [0.2, 0.25) is 0 Å². The fourth-order valence-electron chi connectivity index (χ4n) is 2.80. The number of ether oxygens (including phenoxy) is 2. The minimum atomic E-state index is -5.03. The summed E-state index contributed by atoms with van der Waals surface area (Å²) in [4.78, 5) is 36.8. The molecule has 1 aromatic rings. The molecule has 1 saturated heterocycles. The monoisotopic (exact) mass is 419 g/mol. The van der Waals surface area contributed by atoms with Gasteiger partial charge in [-0.15, -0.1) is 0 Å². The van der Waals surface area contributed by atoms with E-state index in [0.717, 1.165) is 10.8 Å². The highest BCUT2D eigenvalue weighted by Crippen LogP contribution is 2.31. The quantitative estimate of drug-likeness (QED) is 0.542. The number of aliphatic hydroxyl groups is 1. The maximum atomic E-state index is 12.1. The van der Waals surface area contributed by atoms with E-state index in [-0.39, 0.29) is 18.3 Å². The van der Waals surface area contributed by atoms with Gasteiger partial charge in [0, 0.05) is 25.8 Å². The molecule has 0 bridgehead atoms. The largest absolute Gasteiger partial charge is 0.471 e. The van der Waals surface area contributed by atoms with E-state index in [2.05, 4.69) is 16.8 Å². The predicted molar refractivity (Wildman–Crippen MR) is 92.9 cm³/mol. The van der Waals surface area contributed by atoms with E-state index in [1.807, 2.05) is 0 Å². The molecule has 0 aliphatic carbocycles. The average Bonchev–Trinajstić information content (AvgIpc) is 3.02. The summed E-state index contributed by atoms with van der Waals surface area (Å²) in [5.41, 5.74) is -1.77. The summed E-state index contributed by atoms with van der Waals surface area (Å²) in [5, 5.41) is 10.7. The first-order valence-electron chi connectivity index (χ1n) is 8.74. The number of aromatic amines is 1. The lowest BCUT2D eigenvalue weighted by molar-refractivity contribution is -0.173. The van der Waals surface area contributed by atoms with Gasteiger partial charge in [-0.3, -0.25) is 19.1 Å². The van der Waals surface area contributed by atoms with Crippen LogP contribution in [0, 0.1) is 11.8 Å². The molecule has 1 aliphatic heterocycles. The molecular weight excluding hydrogens is 399 g/mol. The van der Waals surface area contributed by atoms with E-state index in [1.165, 1.54) is 0 Å². The van der Waals surface area contributed by atoms with E-state index in [0.29, 0.717) is 19.4 Å². The van der Waals surface area contributed by atoms with Gasteiger partial charge in [-0.25, -0.2) is 4.79 Å². The second-order valence-corrected chi connectivity index (χ2v) is 6.06. The number of amides is 1. The second kappa shape index (κ2) is 9.73. The van der Waals surface area contributed by atoms with E-state index in [1.54, 1.807) is 12.2 Å². The van der Waals surface area contributed by atoms with E-state index >= 15 is 0 Å². The van der Waals surface area contributed by atoms with Gasteiger partial charge in [0.1, 0.15) is 11.8 Å².